The number of rotatable bonds is 4. The minimum atomic E-state index is -0.458. The number of hydrogen-bond donors (Lipinski definition) is 1. The van der Waals surface area contributed by atoms with Gasteiger partial charge < -0.3 is 14.5 Å². The Bertz CT molecular complexity index is 640. The van der Waals surface area contributed by atoms with Gasteiger partial charge in [-0.15, -0.1) is 5.10 Å². The van der Waals surface area contributed by atoms with E-state index in [0.717, 1.165) is 36.6 Å². The largest absolute Gasteiger partial charge is 0.464 e. The van der Waals surface area contributed by atoms with E-state index in [2.05, 4.69) is 15.6 Å². The molecule has 1 aliphatic heterocycles. The van der Waals surface area contributed by atoms with Gasteiger partial charge in [-0.2, -0.15) is 0 Å². The van der Waals surface area contributed by atoms with E-state index >= 15 is 0 Å². The molecule has 112 valence electrons. The van der Waals surface area contributed by atoms with Gasteiger partial charge in [0.2, 0.25) is 0 Å². The molecule has 1 fully saturated rings. The Morgan fingerprint density at radius 2 is 2.43 bits per heavy atom. The van der Waals surface area contributed by atoms with Gasteiger partial charge in [0, 0.05) is 0 Å². The molecule has 7 nitrogen and oxygen atoms in total. The molecule has 3 rings (SSSR count). The molecule has 1 N–H and O–H groups in total. The van der Waals surface area contributed by atoms with Crippen LogP contribution in [0.25, 0.3) is 0 Å². The molecule has 2 aromatic heterocycles. The minimum absolute atomic E-state index is 0.0742. The van der Waals surface area contributed by atoms with Crippen LogP contribution in [-0.2, 0) is 11.3 Å². The Balaban J connectivity index is 1.95. The summed E-state index contributed by atoms with van der Waals surface area (Å²) in [5.74, 6) is 1.17. The first-order valence-electron chi connectivity index (χ1n) is 6.99. The van der Waals surface area contributed by atoms with Gasteiger partial charge in [-0.25, -0.2) is 9.48 Å². The summed E-state index contributed by atoms with van der Waals surface area (Å²) < 4.78 is 12.1. The van der Waals surface area contributed by atoms with Crippen molar-refractivity contribution in [2.75, 3.05) is 13.7 Å². The van der Waals surface area contributed by atoms with Crippen LogP contribution in [0.4, 0.5) is 0 Å². The number of carbonyl (C=O) groups is 1. The van der Waals surface area contributed by atoms with E-state index in [1.807, 2.05) is 19.1 Å². The van der Waals surface area contributed by atoms with Crippen LogP contribution in [-0.4, -0.2) is 34.6 Å². The molecule has 1 atom stereocenters. The van der Waals surface area contributed by atoms with Crippen LogP contribution >= 0.6 is 0 Å². The van der Waals surface area contributed by atoms with E-state index in [-0.39, 0.29) is 11.7 Å². The second kappa shape index (κ2) is 5.69. The molecule has 0 saturated carbocycles. The lowest BCUT2D eigenvalue weighted by Gasteiger charge is -2.13. The van der Waals surface area contributed by atoms with E-state index in [1.54, 1.807) is 4.68 Å². The van der Waals surface area contributed by atoms with Crippen molar-refractivity contribution in [3.63, 3.8) is 0 Å². The van der Waals surface area contributed by atoms with Crippen LogP contribution in [0, 0.1) is 6.92 Å². The van der Waals surface area contributed by atoms with Gasteiger partial charge >= 0.3 is 5.97 Å². The molecule has 3 heterocycles. The third kappa shape index (κ3) is 2.69. The number of carbonyl (C=O) groups excluding carboxylic acids is 1. The highest BCUT2D eigenvalue weighted by Crippen LogP contribution is 2.26. The number of methoxy groups -OCH3 is 1. The molecule has 1 saturated heterocycles. The van der Waals surface area contributed by atoms with Gasteiger partial charge in [0.15, 0.2) is 5.69 Å². The molecule has 1 aliphatic rings. The third-order valence-electron chi connectivity index (χ3n) is 3.64. The predicted octanol–water partition coefficient (Wildman–Crippen LogP) is 1.44. The van der Waals surface area contributed by atoms with Crippen LogP contribution in [0.15, 0.2) is 16.5 Å². The molecule has 0 bridgehead atoms. The zero-order valence-electron chi connectivity index (χ0n) is 12.1. The summed E-state index contributed by atoms with van der Waals surface area (Å²) in [6, 6.07) is 3.88. The fourth-order valence-electron chi connectivity index (χ4n) is 2.66. The maximum Gasteiger partial charge on any atom is 0.360 e. The average Bonchev–Trinajstić information content (AvgIpc) is 3.19. The Morgan fingerprint density at radius 1 is 1.57 bits per heavy atom. The molecule has 21 heavy (non-hydrogen) atoms. The SMILES string of the molecule is COC(=O)c1nnn(Cc2ccc(C)o2)c1C1CCCN1. The number of aryl methyl sites for hydroxylation is 1. The summed E-state index contributed by atoms with van der Waals surface area (Å²) >= 11 is 0. The van der Waals surface area contributed by atoms with Gasteiger partial charge in [-0.1, -0.05) is 5.21 Å². The fraction of sp³-hybridized carbons (Fsp3) is 0.500. The fourth-order valence-corrected chi connectivity index (χ4v) is 2.66. The van der Waals surface area contributed by atoms with E-state index in [9.17, 15) is 4.79 Å². The lowest BCUT2D eigenvalue weighted by Crippen LogP contribution is -2.21. The van der Waals surface area contributed by atoms with Gasteiger partial charge in [-0.05, 0) is 38.4 Å². The second-order valence-corrected chi connectivity index (χ2v) is 5.13. The van der Waals surface area contributed by atoms with Crippen molar-refractivity contribution in [2.45, 2.75) is 32.4 Å². The number of aromatic nitrogens is 3. The zero-order chi connectivity index (χ0) is 14.8. The minimum Gasteiger partial charge on any atom is -0.464 e. The van der Waals surface area contributed by atoms with E-state index in [1.165, 1.54) is 7.11 Å². The molecule has 1 unspecified atom stereocenters. The van der Waals surface area contributed by atoms with Gasteiger partial charge in [-0.3, -0.25) is 0 Å². The smallest absolute Gasteiger partial charge is 0.360 e. The van der Waals surface area contributed by atoms with Crippen molar-refractivity contribution in [2.24, 2.45) is 0 Å². The number of ether oxygens (including phenoxy) is 1. The Morgan fingerprint density at radius 3 is 3.05 bits per heavy atom. The summed E-state index contributed by atoms with van der Waals surface area (Å²) in [5.41, 5.74) is 1.05. The summed E-state index contributed by atoms with van der Waals surface area (Å²) in [6.45, 7) is 3.27. The molecule has 7 heteroatoms. The molecular weight excluding hydrogens is 272 g/mol. The number of furan rings is 1. The van der Waals surface area contributed by atoms with E-state index < -0.39 is 5.97 Å². The van der Waals surface area contributed by atoms with Crippen LogP contribution in [0.3, 0.4) is 0 Å². The summed E-state index contributed by atoms with van der Waals surface area (Å²) in [4.78, 5) is 11.9. The van der Waals surface area contributed by atoms with Crippen molar-refractivity contribution in [1.29, 1.82) is 0 Å². The van der Waals surface area contributed by atoms with Crippen molar-refractivity contribution < 1.29 is 13.9 Å². The summed E-state index contributed by atoms with van der Waals surface area (Å²) in [7, 11) is 1.35. The van der Waals surface area contributed by atoms with E-state index in [0.29, 0.717) is 6.54 Å². The quantitative estimate of drug-likeness (QED) is 0.858. The third-order valence-corrected chi connectivity index (χ3v) is 3.64. The van der Waals surface area contributed by atoms with Gasteiger partial charge in [0.05, 0.1) is 18.8 Å². The summed E-state index contributed by atoms with van der Waals surface area (Å²) in [5, 5.41) is 11.5. The molecule has 0 aliphatic carbocycles. The maximum absolute atomic E-state index is 11.9. The van der Waals surface area contributed by atoms with E-state index in [4.69, 9.17) is 9.15 Å². The highest BCUT2D eigenvalue weighted by atomic mass is 16.5. The van der Waals surface area contributed by atoms with Crippen LogP contribution in [0.5, 0.6) is 0 Å². The highest BCUT2D eigenvalue weighted by Gasteiger charge is 2.29. The van der Waals surface area contributed by atoms with Gasteiger partial charge in [0.1, 0.15) is 18.1 Å². The molecule has 2 aromatic rings. The monoisotopic (exact) mass is 290 g/mol. The number of esters is 1. The lowest BCUT2D eigenvalue weighted by molar-refractivity contribution is 0.0591. The van der Waals surface area contributed by atoms with Crippen molar-refractivity contribution in [3.8, 4) is 0 Å². The normalized spacial score (nSPS) is 18.1. The Kier molecular flexibility index (Phi) is 3.74. The molecule has 0 radical (unpaired) electrons. The molecule has 0 aromatic carbocycles. The highest BCUT2D eigenvalue weighted by molar-refractivity contribution is 5.88. The number of nitrogens with one attached hydrogen (secondary N) is 1. The topological polar surface area (TPSA) is 82.2 Å². The Labute approximate surface area is 122 Å². The first-order valence-corrected chi connectivity index (χ1v) is 6.99. The molecular formula is C14H18N4O3. The first-order chi connectivity index (χ1) is 10.2. The standard InChI is InChI=1S/C14H18N4O3/c1-9-5-6-10(21-9)8-18-13(11-4-3-7-15-11)12(16-17-18)14(19)20-2/h5-6,11,15H,3-4,7-8H2,1-2H3. The van der Waals surface area contributed by atoms with Crippen LogP contribution in [0.2, 0.25) is 0 Å². The maximum atomic E-state index is 11.9. The van der Waals surface area contributed by atoms with Gasteiger partial charge in [0.25, 0.3) is 0 Å². The zero-order valence-corrected chi connectivity index (χ0v) is 12.1. The average molecular weight is 290 g/mol. The summed E-state index contributed by atoms with van der Waals surface area (Å²) in [6.07, 6.45) is 2.02. The second-order valence-electron chi connectivity index (χ2n) is 5.13. The number of nitrogens with zero attached hydrogens (tertiary/aromatic N) is 3. The molecule has 0 spiro atoms. The van der Waals surface area contributed by atoms with Crippen molar-refractivity contribution in [3.05, 3.63) is 35.0 Å². The lowest BCUT2D eigenvalue weighted by atomic mass is 10.1. The van der Waals surface area contributed by atoms with Crippen molar-refractivity contribution >= 4 is 5.97 Å². The molecule has 0 amide bonds. The predicted molar refractivity (Wildman–Crippen MR) is 73.9 cm³/mol. The van der Waals surface area contributed by atoms with Crippen molar-refractivity contribution in [1.82, 2.24) is 20.3 Å². The van der Waals surface area contributed by atoms with Crippen LogP contribution < -0.4 is 5.32 Å². The Hall–Kier alpha value is -2.15. The number of hydrogen-bond acceptors (Lipinski definition) is 6. The first kappa shape index (κ1) is 13.8. The van der Waals surface area contributed by atoms with Crippen LogP contribution in [0.1, 0.15) is 46.6 Å².